The van der Waals surface area contributed by atoms with Crippen LogP contribution in [0.2, 0.25) is 0 Å². The van der Waals surface area contributed by atoms with Crippen molar-refractivity contribution < 1.29 is 0 Å². The molecule has 24 rings (SSSR count). The fraction of sp³-hybridized carbons (Fsp3) is 0. The van der Waals surface area contributed by atoms with E-state index in [0.717, 1.165) is 106 Å². The molecule has 0 aliphatic heterocycles. The van der Waals surface area contributed by atoms with Gasteiger partial charge >= 0.3 is 0 Å². The lowest BCUT2D eigenvalue weighted by atomic mass is 9.92. The number of benzene rings is 18. The molecule has 0 atom stereocenters. The van der Waals surface area contributed by atoms with Crippen molar-refractivity contribution in [3.63, 3.8) is 0 Å². The molecule has 0 unspecified atom stereocenters. The van der Waals surface area contributed by atoms with Crippen molar-refractivity contribution in [1.29, 1.82) is 0 Å². The summed E-state index contributed by atoms with van der Waals surface area (Å²) in [5.41, 5.74) is 20.4. The summed E-state index contributed by atoms with van der Waals surface area (Å²) in [6.07, 6.45) is 0. The highest BCUT2D eigenvalue weighted by Crippen LogP contribution is 2.49. The van der Waals surface area contributed by atoms with Gasteiger partial charge < -0.3 is 0 Å². The molecule has 0 fully saturated rings. The van der Waals surface area contributed by atoms with Gasteiger partial charge in [-0.2, -0.15) is 0 Å². The highest BCUT2D eigenvalue weighted by molar-refractivity contribution is 7.27. The van der Waals surface area contributed by atoms with Gasteiger partial charge in [0.1, 0.15) is 0 Å². The van der Waals surface area contributed by atoms with Gasteiger partial charge in [-0.05, 0) is 135 Å². The molecule has 118 heavy (non-hydrogen) atoms. The van der Waals surface area contributed by atoms with Crippen LogP contribution in [-0.4, -0.2) is 29.9 Å². The Morgan fingerprint density at radius 3 is 0.822 bits per heavy atom. The van der Waals surface area contributed by atoms with E-state index in [1.54, 1.807) is 0 Å². The van der Waals surface area contributed by atoms with Crippen molar-refractivity contribution in [2.45, 2.75) is 0 Å². The molecule has 0 bridgehead atoms. The lowest BCUT2D eigenvalue weighted by Gasteiger charge is -2.13. The second kappa shape index (κ2) is 28.5. The van der Waals surface area contributed by atoms with E-state index in [1.165, 1.54) is 121 Å². The average Bonchev–Trinajstić information content (AvgIpc) is 1.38. The Morgan fingerprint density at radius 1 is 0.153 bits per heavy atom. The molecule has 0 saturated carbocycles. The molecule has 0 aliphatic carbocycles. The molecule has 0 aliphatic rings. The minimum Gasteiger partial charge on any atom is -0.247 e. The first-order chi connectivity index (χ1) is 58.5. The van der Waals surface area contributed by atoms with Gasteiger partial charge in [0.2, 0.25) is 0 Å². The number of rotatable bonds is 10. The van der Waals surface area contributed by atoms with Crippen LogP contribution in [0.25, 0.3) is 239 Å². The summed E-state index contributed by atoms with van der Waals surface area (Å²) in [4.78, 5) is 31.6. The normalized spacial score (nSPS) is 11.7. The summed E-state index contributed by atoms with van der Waals surface area (Å²) in [6.45, 7) is 0. The van der Waals surface area contributed by atoms with Crippen LogP contribution in [0.1, 0.15) is 0 Å². The number of pyridine rings is 2. The number of nitrogens with zero attached hydrogens (tertiary/aromatic N) is 6. The molecule has 6 heterocycles. The van der Waals surface area contributed by atoms with Crippen LogP contribution in [-0.2, 0) is 0 Å². The quantitative estimate of drug-likeness (QED) is 0.127. The first kappa shape index (κ1) is 68.5. The molecule has 0 N–H and O–H groups in total. The van der Waals surface area contributed by atoms with Crippen molar-refractivity contribution in [3.8, 4) is 113 Å². The number of hydrogen-bond acceptors (Lipinski definition) is 8. The second-order valence-corrected chi connectivity index (χ2v) is 32.3. The van der Waals surface area contributed by atoms with E-state index in [9.17, 15) is 0 Å². The third-order valence-electron chi connectivity index (χ3n) is 23.3. The maximum atomic E-state index is 5.59. The molecule has 548 valence electrons. The molecule has 0 spiro atoms. The van der Waals surface area contributed by atoms with Gasteiger partial charge in [-0.25, -0.2) is 29.9 Å². The fourth-order valence-corrected chi connectivity index (χ4v) is 20.1. The summed E-state index contributed by atoms with van der Waals surface area (Å²) < 4.78 is 5.03. The van der Waals surface area contributed by atoms with Gasteiger partial charge in [0.15, 0.2) is 11.6 Å². The first-order valence-electron chi connectivity index (χ1n) is 39.9. The molecular weight excluding hydrogens is 1470 g/mol. The van der Waals surface area contributed by atoms with E-state index in [2.05, 4.69) is 340 Å². The minimum atomic E-state index is 0.690. The summed E-state index contributed by atoms with van der Waals surface area (Å²) in [5.74, 6) is 1.39. The van der Waals surface area contributed by atoms with Gasteiger partial charge in [0.05, 0.1) is 45.2 Å². The summed E-state index contributed by atoms with van der Waals surface area (Å²) in [6, 6.07) is 143. The molecule has 6 aromatic heterocycles. The fourth-order valence-electron chi connectivity index (χ4n) is 17.6. The molecular formula is C110H66N6S2. The Morgan fingerprint density at radius 2 is 0.407 bits per heavy atom. The third-order valence-corrected chi connectivity index (χ3v) is 25.7. The van der Waals surface area contributed by atoms with Crippen LogP contribution in [0, 0.1) is 0 Å². The monoisotopic (exact) mass is 1530 g/mol. The summed E-state index contributed by atoms with van der Waals surface area (Å²) in [7, 11) is 0. The van der Waals surface area contributed by atoms with Crippen LogP contribution in [0.15, 0.2) is 400 Å². The minimum absolute atomic E-state index is 0.690. The summed E-state index contributed by atoms with van der Waals surface area (Å²) >= 11 is 3.70. The molecule has 0 saturated heterocycles. The van der Waals surface area contributed by atoms with Crippen LogP contribution in [0.3, 0.4) is 0 Å². The van der Waals surface area contributed by atoms with Crippen molar-refractivity contribution >= 4 is 149 Å². The van der Waals surface area contributed by atoms with Crippen LogP contribution < -0.4 is 0 Å². The number of aromatic nitrogens is 6. The van der Waals surface area contributed by atoms with E-state index in [-0.39, 0.29) is 0 Å². The zero-order valence-corrected chi connectivity index (χ0v) is 65.2. The lowest BCUT2D eigenvalue weighted by Crippen LogP contribution is -1.96. The smallest absolute Gasteiger partial charge is 0.160 e. The highest BCUT2D eigenvalue weighted by atomic mass is 32.1. The molecule has 8 heteroatoms. The standard InChI is InChI=1S/2C55H33N3S/c1-3-13-35(14-4-1)48-33-49(36-15-5-2-6-16-36)58-55(57-48)37-25-23-34(24-26-37)38-27-30-45-50(32-38)56-53(52-46-21-11-12-22-51(46)59-54(45)52)39-28-29-44-42-19-8-7-17-40(42)41-18-9-10-20-43(41)47(44)31-39;1-3-13-34(14-4-1)35-23-25-36(26-24-35)48-33-49(58-55(57-48)37-15-5-2-6-16-37)38-27-30-45-50(32-38)56-53(52-46-21-11-12-22-51(46)59-54(45)52)39-28-29-44-42-19-8-7-17-40(42)41-18-9-10-20-43(41)47(44)31-39/h2*1-33H. The molecule has 6 nitrogen and oxygen atoms in total. The van der Waals surface area contributed by atoms with Crippen molar-refractivity contribution in [2.24, 2.45) is 0 Å². The van der Waals surface area contributed by atoms with Crippen LogP contribution >= 0.6 is 22.7 Å². The zero-order chi connectivity index (χ0) is 77.7. The number of fused-ring (bicyclic) bond motifs is 22. The maximum Gasteiger partial charge on any atom is 0.160 e. The highest BCUT2D eigenvalue weighted by Gasteiger charge is 2.23. The zero-order valence-electron chi connectivity index (χ0n) is 63.6. The van der Waals surface area contributed by atoms with Gasteiger partial charge in [0.25, 0.3) is 0 Å². The average molecular weight is 1540 g/mol. The Hall–Kier alpha value is -15.1. The van der Waals surface area contributed by atoms with Crippen molar-refractivity contribution in [2.75, 3.05) is 0 Å². The van der Waals surface area contributed by atoms with Gasteiger partial charge in [0, 0.05) is 95.6 Å². The SMILES string of the molecule is c1ccc(-c2cc(-c3ccccc3)nc(-c3ccc(-c4ccc5c(c4)nc(-c4ccc6c7ccccc7c7ccccc7c6c4)c4c6ccccc6sc54)cc3)n2)cc1.c1ccc(-c2ccc(-c3cc(-c4ccc5c(c4)nc(-c4ccc6c7ccccc7c7ccccc7c6c4)c4c6ccccc6sc54)nc(-c4ccccc4)n3)cc2)cc1. The van der Waals surface area contributed by atoms with E-state index in [0.29, 0.717) is 11.6 Å². The first-order valence-corrected chi connectivity index (χ1v) is 41.5. The Balaban J connectivity index is 0.000000138. The molecule has 24 aromatic rings. The largest absolute Gasteiger partial charge is 0.247 e. The summed E-state index contributed by atoms with van der Waals surface area (Å²) in [5, 5.41) is 22.3. The maximum absolute atomic E-state index is 5.59. The van der Waals surface area contributed by atoms with Gasteiger partial charge in [-0.15, -0.1) is 22.7 Å². The van der Waals surface area contributed by atoms with E-state index >= 15 is 0 Å². The molecule has 0 amide bonds. The van der Waals surface area contributed by atoms with E-state index in [4.69, 9.17) is 29.9 Å². The van der Waals surface area contributed by atoms with Crippen molar-refractivity contribution in [3.05, 3.63) is 400 Å². The Bertz CT molecular complexity index is 8020. The third kappa shape index (κ3) is 11.9. The van der Waals surface area contributed by atoms with Crippen LogP contribution in [0.5, 0.6) is 0 Å². The van der Waals surface area contributed by atoms with Crippen LogP contribution in [0.4, 0.5) is 0 Å². The molecule has 18 aromatic carbocycles. The van der Waals surface area contributed by atoms with E-state index < -0.39 is 0 Å². The number of hydrogen-bond donors (Lipinski definition) is 0. The van der Waals surface area contributed by atoms with Crippen molar-refractivity contribution in [1.82, 2.24) is 29.9 Å². The van der Waals surface area contributed by atoms with E-state index in [1.807, 2.05) is 83.3 Å². The lowest BCUT2D eigenvalue weighted by molar-refractivity contribution is 1.18. The predicted octanol–water partition coefficient (Wildman–Crippen LogP) is 30.4. The molecule has 0 radical (unpaired) electrons. The van der Waals surface area contributed by atoms with Gasteiger partial charge in [-0.1, -0.05) is 352 Å². The topological polar surface area (TPSA) is 77.3 Å². The Kier molecular flexibility index (Phi) is 16.5. The number of thiophene rings is 2. The van der Waals surface area contributed by atoms with Gasteiger partial charge in [-0.3, -0.25) is 0 Å². The predicted molar refractivity (Wildman–Crippen MR) is 500 cm³/mol. The second-order valence-electron chi connectivity index (χ2n) is 30.2. The Labute approximate surface area is 687 Å².